The normalized spacial score (nSPS) is 14.1. The van der Waals surface area contributed by atoms with Gasteiger partial charge in [-0.05, 0) is 91.9 Å². The molecule has 0 saturated heterocycles. The van der Waals surface area contributed by atoms with Crippen LogP contribution in [0.1, 0.15) is 46.0 Å². The molecule has 34 heavy (non-hydrogen) atoms. The summed E-state index contributed by atoms with van der Waals surface area (Å²) in [5.41, 5.74) is 4.83. The maximum atomic E-state index is 13.5. The Morgan fingerprint density at radius 1 is 0.941 bits per heavy atom. The molecule has 0 unspecified atom stereocenters. The Morgan fingerprint density at radius 2 is 1.65 bits per heavy atom. The molecular formula is C28H25FN2O3. The Morgan fingerprint density at radius 3 is 2.32 bits per heavy atom. The fourth-order valence-corrected chi connectivity index (χ4v) is 4.15. The fourth-order valence-electron chi connectivity index (χ4n) is 4.15. The van der Waals surface area contributed by atoms with E-state index in [1.807, 2.05) is 50.2 Å². The number of aryl methyl sites for hydroxylation is 1. The average Bonchev–Trinajstić information content (AvgIpc) is 3.43. The third-order valence-electron chi connectivity index (χ3n) is 6.47. The van der Waals surface area contributed by atoms with Crippen molar-refractivity contribution in [3.05, 3.63) is 83.2 Å². The molecule has 1 aliphatic carbocycles. The molecule has 1 fully saturated rings. The molecule has 0 aliphatic heterocycles. The van der Waals surface area contributed by atoms with Gasteiger partial charge in [0.05, 0.1) is 5.56 Å². The number of halogens is 1. The summed E-state index contributed by atoms with van der Waals surface area (Å²) >= 11 is 0. The lowest BCUT2D eigenvalue weighted by molar-refractivity contribution is 0.0933. The third kappa shape index (κ3) is 3.96. The number of carbonyl (C=O) groups excluding carboxylic acids is 2. The molecule has 1 aliphatic rings. The van der Waals surface area contributed by atoms with Gasteiger partial charge in [-0.1, -0.05) is 12.1 Å². The molecule has 5 nitrogen and oxygen atoms in total. The Hall–Kier alpha value is -3.93. The second kappa shape index (κ2) is 8.13. The van der Waals surface area contributed by atoms with Crippen molar-refractivity contribution in [3.8, 4) is 22.5 Å². The van der Waals surface area contributed by atoms with Gasteiger partial charge in [0.2, 0.25) is 0 Å². The predicted molar refractivity (Wildman–Crippen MR) is 130 cm³/mol. The lowest BCUT2D eigenvalue weighted by Crippen LogP contribution is -2.34. The monoisotopic (exact) mass is 456 g/mol. The second-order valence-corrected chi connectivity index (χ2v) is 9.15. The molecule has 172 valence electrons. The van der Waals surface area contributed by atoms with Gasteiger partial charge in [-0.15, -0.1) is 0 Å². The zero-order valence-electron chi connectivity index (χ0n) is 19.3. The van der Waals surface area contributed by atoms with Crippen LogP contribution < -0.4 is 10.6 Å². The fraction of sp³-hybridized carbons (Fsp3) is 0.214. The number of hydrogen-bond donors (Lipinski definition) is 2. The van der Waals surface area contributed by atoms with Gasteiger partial charge in [0.1, 0.15) is 17.2 Å². The van der Waals surface area contributed by atoms with Crippen molar-refractivity contribution in [1.82, 2.24) is 10.6 Å². The van der Waals surface area contributed by atoms with Crippen molar-refractivity contribution >= 4 is 22.8 Å². The van der Waals surface area contributed by atoms with Gasteiger partial charge in [0.25, 0.3) is 11.8 Å². The summed E-state index contributed by atoms with van der Waals surface area (Å²) in [6.07, 6.45) is 1.99. The van der Waals surface area contributed by atoms with Crippen LogP contribution in [0.25, 0.3) is 33.4 Å². The number of hydrogen-bond acceptors (Lipinski definition) is 3. The Bertz CT molecular complexity index is 1430. The van der Waals surface area contributed by atoms with E-state index in [9.17, 15) is 14.0 Å². The lowest BCUT2D eigenvalue weighted by atomic mass is 9.95. The first-order chi connectivity index (χ1) is 16.3. The smallest absolute Gasteiger partial charge is 0.255 e. The number of carbonyl (C=O) groups is 2. The first kappa shape index (κ1) is 21.9. The van der Waals surface area contributed by atoms with E-state index in [2.05, 4.69) is 10.6 Å². The summed E-state index contributed by atoms with van der Waals surface area (Å²) in [6.45, 7) is 4.04. The minimum Gasteiger partial charge on any atom is -0.455 e. The highest BCUT2D eigenvalue weighted by molar-refractivity contribution is 6.12. The molecule has 6 heteroatoms. The van der Waals surface area contributed by atoms with E-state index in [1.54, 1.807) is 19.2 Å². The molecule has 2 amide bonds. The van der Waals surface area contributed by atoms with E-state index in [0.717, 1.165) is 29.5 Å². The van der Waals surface area contributed by atoms with E-state index >= 15 is 0 Å². The molecule has 2 N–H and O–H groups in total. The summed E-state index contributed by atoms with van der Waals surface area (Å²) in [7, 11) is 1.56. The molecule has 3 aromatic carbocycles. The molecule has 0 radical (unpaired) electrons. The number of furan rings is 1. The van der Waals surface area contributed by atoms with Crippen LogP contribution in [0.2, 0.25) is 0 Å². The van der Waals surface area contributed by atoms with Crippen molar-refractivity contribution < 1.29 is 18.4 Å². The number of rotatable bonds is 5. The van der Waals surface area contributed by atoms with E-state index in [1.165, 1.54) is 12.1 Å². The molecular weight excluding hydrogens is 431 g/mol. The van der Waals surface area contributed by atoms with Gasteiger partial charge >= 0.3 is 0 Å². The highest BCUT2D eigenvalue weighted by Crippen LogP contribution is 2.37. The maximum absolute atomic E-state index is 13.5. The van der Waals surface area contributed by atoms with Crippen LogP contribution in [0.4, 0.5) is 4.39 Å². The van der Waals surface area contributed by atoms with Crippen LogP contribution in [0.3, 0.4) is 0 Å². The molecule has 1 saturated carbocycles. The van der Waals surface area contributed by atoms with E-state index in [-0.39, 0.29) is 23.2 Å². The highest BCUT2D eigenvalue weighted by Gasteiger charge is 2.38. The Balaban J connectivity index is 1.61. The second-order valence-electron chi connectivity index (χ2n) is 9.15. The van der Waals surface area contributed by atoms with Crippen molar-refractivity contribution in [3.63, 3.8) is 0 Å². The van der Waals surface area contributed by atoms with E-state index in [0.29, 0.717) is 33.4 Å². The van der Waals surface area contributed by atoms with Gasteiger partial charge in [0, 0.05) is 29.1 Å². The van der Waals surface area contributed by atoms with Gasteiger partial charge in [-0.25, -0.2) is 4.39 Å². The molecule has 0 bridgehead atoms. The minimum absolute atomic E-state index is 0.0877. The standard InChI is InChI=1S/C28H25FN2O3/c1-16-4-5-19(26(32)31-28(2)12-13-28)15-21(16)18-8-11-23-22(14-18)24(27(33)30-3)25(34-23)17-6-9-20(29)10-7-17/h4-11,14-15H,12-13H2,1-3H3,(H,30,33)(H,31,32). The molecule has 0 spiro atoms. The van der Waals surface area contributed by atoms with Crippen LogP contribution in [-0.2, 0) is 0 Å². The average molecular weight is 457 g/mol. The lowest BCUT2D eigenvalue weighted by Gasteiger charge is -2.13. The topological polar surface area (TPSA) is 71.3 Å². The number of benzene rings is 3. The Labute approximate surface area is 197 Å². The molecule has 5 rings (SSSR count). The molecule has 4 aromatic rings. The summed E-state index contributed by atoms with van der Waals surface area (Å²) in [5.74, 6) is -0.360. The van der Waals surface area contributed by atoms with Crippen LogP contribution >= 0.6 is 0 Å². The molecule has 1 aromatic heterocycles. The first-order valence-electron chi connectivity index (χ1n) is 11.3. The molecule has 1 heterocycles. The zero-order chi connectivity index (χ0) is 24.0. The maximum Gasteiger partial charge on any atom is 0.255 e. The Kier molecular flexibility index (Phi) is 5.24. The quantitative estimate of drug-likeness (QED) is 0.395. The van der Waals surface area contributed by atoms with Gasteiger partial charge in [-0.3, -0.25) is 9.59 Å². The summed E-state index contributed by atoms with van der Waals surface area (Å²) in [5, 5.41) is 6.42. The van der Waals surface area contributed by atoms with Crippen LogP contribution in [-0.4, -0.2) is 24.4 Å². The largest absolute Gasteiger partial charge is 0.455 e. The van der Waals surface area contributed by atoms with Crippen molar-refractivity contribution in [2.45, 2.75) is 32.2 Å². The van der Waals surface area contributed by atoms with E-state index < -0.39 is 0 Å². The van der Waals surface area contributed by atoms with Gasteiger partial charge in [-0.2, -0.15) is 0 Å². The van der Waals surface area contributed by atoms with Crippen molar-refractivity contribution in [2.75, 3.05) is 7.05 Å². The first-order valence-corrected chi connectivity index (χ1v) is 11.3. The number of amides is 2. The van der Waals surface area contributed by atoms with Crippen LogP contribution in [0, 0.1) is 12.7 Å². The number of fused-ring (bicyclic) bond motifs is 1. The van der Waals surface area contributed by atoms with Gasteiger partial charge < -0.3 is 15.1 Å². The van der Waals surface area contributed by atoms with E-state index in [4.69, 9.17) is 4.42 Å². The highest BCUT2D eigenvalue weighted by atomic mass is 19.1. The van der Waals surface area contributed by atoms with Crippen molar-refractivity contribution in [2.24, 2.45) is 0 Å². The minimum atomic E-state index is -0.362. The van der Waals surface area contributed by atoms with Crippen LogP contribution in [0.5, 0.6) is 0 Å². The summed E-state index contributed by atoms with van der Waals surface area (Å²) in [6, 6.07) is 17.1. The zero-order valence-corrected chi connectivity index (χ0v) is 19.3. The van der Waals surface area contributed by atoms with Crippen LogP contribution in [0.15, 0.2) is 65.1 Å². The third-order valence-corrected chi connectivity index (χ3v) is 6.47. The summed E-state index contributed by atoms with van der Waals surface area (Å²) < 4.78 is 19.5. The van der Waals surface area contributed by atoms with Gasteiger partial charge in [0.15, 0.2) is 0 Å². The predicted octanol–water partition coefficient (Wildman–Crippen LogP) is 5.86. The SMILES string of the molecule is CNC(=O)c1c(-c2ccc(F)cc2)oc2ccc(-c3cc(C(=O)NC4(C)CC4)ccc3C)cc12. The molecule has 0 atom stereocenters. The van der Waals surface area contributed by atoms with Crippen molar-refractivity contribution in [1.29, 1.82) is 0 Å². The number of nitrogens with one attached hydrogen (secondary N) is 2. The summed E-state index contributed by atoms with van der Waals surface area (Å²) in [4.78, 5) is 25.6.